The van der Waals surface area contributed by atoms with E-state index in [2.05, 4.69) is 18.6 Å². The molecule has 1 heterocycles. The van der Waals surface area contributed by atoms with E-state index in [0.29, 0.717) is 0 Å². The van der Waals surface area contributed by atoms with Gasteiger partial charge in [-0.15, -0.1) is 0 Å². The van der Waals surface area contributed by atoms with Crippen LogP contribution < -0.4 is 0 Å². The van der Waals surface area contributed by atoms with Crippen molar-refractivity contribution in [1.82, 2.24) is 9.78 Å². The van der Waals surface area contributed by atoms with Gasteiger partial charge in [-0.3, -0.25) is 4.68 Å². The largest absolute Gasteiger partial charge is 0.382 e. The van der Waals surface area contributed by atoms with Gasteiger partial charge in [0.1, 0.15) is 6.10 Å². The molecule has 0 aromatic carbocycles. The van der Waals surface area contributed by atoms with Gasteiger partial charge in [0, 0.05) is 6.54 Å². The van der Waals surface area contributed by atoms with E-state index in [-0.39, 0.29) is 0 Å². The highest BCUT2D eigenvalue weighted by Crippen LogP contribution is 2.20. The van der Waals surface area contributed by atoms with Crippen LogP contribution in [0.4, 0.5) is 0 Å². The number of hydrogen-bond acceptors (Lipinski definition) is 2. The Kier molecular flexibility index (Phi) is 3.47. The maximum atomic E-state index is 9.86. The predicted octanol–water partition coefficient (Wildman–Crippen LogP) is 2.07. The zero-order valence-corrected chi connectivity index (χ0v) is 9.12. The first kappa shape index (κ1) is 11.0. The summed E-state index contributed by atoms with van der Waals surface area (Å²) < 4.78 is 1.83. The highest BCUT2D eigenvalue weighted by Gasteiger charge is 2.14. The lowest BCUT2D eigenvalue weighted by atomic mass is 10.1. The molecule has 78 valence electrons. The van der Waals surface area contributed by atoms with Crippen LogP contribution in [0.3, 0.4) is 0 Å². The summed E-state index contributed by atoms with van der Waals surface area (Å²) in [4.78, 5) is 0. The minimum absolute atomic E-state index is 0.595. The van der Waals surface area contributed by atoms with Crippen molar-refractivity contribution in [3.8, 4) is 0 Å². The van der Waals surface area contributed by atoms with E-state index in [1.165, 1.54) is 0 Å². The third-order valence-electron chi connectivity index (χ3n) is 2.27. The fourth-order valence-electron chi connectivity index (χ4n) is 1.39. The molecule has 0 radical (unpaired) electrons. The molecule has 0 saturated carbocycles. The average Bonchev–Trinajstić information content (AvgIpc) is 2.59. The number of hydrogen-bond donors (Lipinski definition) is 1. The average molecular weight is 194 g/mol. The molecule has 0 aliphatic carbocycles. The molecule has 0 spiro atoms. The molecule has 0 bridgehead atoms. The highest BCUT2D eigenvalue weighted by molar-refractivity contribution is 5.19. The summed E-state index contributed by atoms with van der Waals surface area (Å²) in [5, 5.41) is 14.2. The molecule has 0 fully saturated rings. The molecule has 1 N–H and O–H groups in total. The first-order valence-corrected chi connectivity index (χ1v) is 5.00. The van der Waals surface area contributed by atoms with Crippen molar-refractivity contribution >= 4 is 0 Å². The number of aryl methyl sites for hydroxylation is 2. The van der Waals surface area contributed by atoms with Crippen molar-refractivity contribution in [2.75, 3.05) is 0 Å². The van der Waals surface area contributed by atoms with Crippen LogP contribution in [0, 0.1) is 0 Å². The molecule has 3 nitrogen and oxygen atoms in total. The highest BCUT2D eigenvalue weighted by atomic mass is 16.3. The van der Waals surface area contributed by atoms with Crippen molar-refractivity contribution in [2.45, 2.75) is 39.8 Å². The second-order valence-electron chi connectivity index (χ2n) is 3.48. The third kappa shape index (κ3) is 2.04. The Bertz CT molecular complexity index is 328. The Balaban J connectivity index is 3.05. The van der Waals surface area contributed by atoms with Gasteiger partial charge in [0.25, 0.3) is 0 Å². The van der Waals surface area contributed by atoms with Crippen molar-refractivity contribution in [3.63, 3.8) is 0 Å². The number of aliphatic hydroxyl groups excluding tert-OH is 1. The smallest absolute Gasteiger partial charge is 0.116 e. The second-order valence-corrected chi connectivity index (χ2v) is 3.48. The molecule has 0 aliphatic heterocycles. The van der Waals surface area contributed by atoms with E-state index in [1.807, 2.05) is 24.6 Å². The molecule has 1 atom stereocenters. The SMILES string of the molecule is C=C(C)C(O)c1cc(CC)nn1CC. The van der Waals surface area contributed by atoms with Crippen molar-refractivity contribution in [1.29, 1.82) is 0 Å². The van der Waals surface area contributed by atoms with Crippen molar-refractivity contribution in [3.05, 3.63) is 29.6 Å². The van der Waals surface area contributed by atoms with E-state index in [4.69, 9.17) is 0 Å². The first-order valence-electron chi connectivity index (χ1n) is 5.00. The van der Waals surface area contributed by atoms with Crippen LogP contribution in [-0.4, -0.2) is 14.9 Å². The van der Waals surface area contributed by atoms with Gasteiger partial charge in [0.15, 0.2) is 0 Å². The Hall–Kier alpha value is -1.09. The standard InChI is InChI=1S/C11H18N2O/c1-5-9-7-10(11(14)8(3)4)13(6-2)12-9/h7,11,14H,3,5-6H2,1-2,4H3. The summed E-state index contributed by atoms with van der Waals surface area (Å²) in [6.07, 6.45) is 0.297. The fourth-order valence-corrected chi connectivity index (χ4v) is 1.39. The van der Waals surface area contributed by atoms with Crippen LogP contribution >= 0.6 is 0 Å². The zero-order chi connectivity index (χ0) is 10.7. The number of nitrogens with zero attached hydrogens (tertiary/aromatic N) is 2. The predicted molar refractivity (Wildman–Crippen MR) is 57.1 cm³/mol. The summed E-state index contributed by atoms with van der Waals surface area (Å²) in [6, 6.07) is 1.95. The van der Waals surface area contributed by atoms with Gasteiger partial charge in [0.05, 0.1) is 11.4 Å². The Morgan fingerprint density at radius 1 is 1.64 bits per heavy atom. The van der Waals surface area contributed by atoms with Gasteiger partial charge in [-0.05, 0) is 31.9 Å². The van der Waals surface area contributed by atoms with Gasteiger partial charge in [-0.25, -0.2) is 0 Å². The van der Waals surface area contributed by atoms with Gasteiger partial charge >= 0.3 is 0 Å². The minimum Gasteiger partial charge on any atom is -0.382 e. The number of aromatic nitrogens is 2. The number of rotatable bonds is 4. The van der Waals surface area contributed by atoms with Crippen LogP contribution in [0.25, 0.3) is 0 Å². The minimum atomic E-state index is -0.595. The second kappa shape index (κ2) is 4.42. The molecule has 0 amide bonds. The Labute approximate surface area is 85.1 Å². The number of aliphatic hydroxyl groups is 1. The van der Waals surface area contributed by atoms with E-state index < -0.39 is 6.10 Å². The molecule has 0 saturated heterocycles. The Morgan fingerprint density at radius 3 is 2.71 bits per heavy atom. The molecule has 0 aliphatic rings. The molecule has 1 rings (SSSR count). The normalized spacial score (nSPS) is 12.9. The van der Waals surface area contributed by atoms with Crippen LogP contribution in [-0.2, 0) is 13.0 Å². The van der Waals surface area contributed by atoms with E-state index >= 15 is 0 Å². The van der Waals surface area contributed by atoms with Crippen molar-refractivity contribution < 1.29 is 5.11 Å². The quantitative estimate of drug-likeness (QED) is 0.745. The van der Waals surface area contributed by atoms with Crippen LogP contribution in [0.5, 0.6) is 0 Å². The van der Waals surface area contributed by atoms with Gasteiger partial charge in [-0.1, -0.05) is 13.5 Å². The summed E-state index contributed by atoms with van der Waals surface area (Å²) in [5.74, 6) is 0. The third-order valence-corrected chi connectivity index (χ3v) is 2.27. The van der Waals surface area contributed by atoms with Crippen molar-refractivity contribution in [2.24, 2.45) is 0 Å². The maximum Gasteiger partial charge on any atom is 0.116 e. The van der Waals surface area contributed by atoms with Gasteiger partial charge in [0.2, 0.25) is 0 Å². The summed E-state index contributed by atoms with van der Waals surface area (Å²) in [7, 11) is 0. The molecule has 1 aromatic heterocycles. The molecule has 14 heavy (non-hydrogen) atoms. The van der Waals surface area contributed by atoms with Gasteiger partial charge in [-0.2, -0.15) is 5.10 Å². The van der Waals surface area contributed by atoms with Crippen LogP contribution in [0.1, 0.15) is 38.3 Å². The maximum absolute atomic E-state index is 9.86. The van der Waals surface area contributed by atoms with Crippen LogP contribution in [0.2, 0.25) is 0 Å². The molecular weight excluding hydrogens is 176 g/mol. The molecular formula is C11H18N2O. The molecule has 3 heteroatoms. The van der Waals surface area contributed by atoms with Crippen LogP contribution in [0.15, 0.2) is 18.2 Å². The molecule has 1 aromatic rings. The summed E-state index contributed by atoms with van der Waals surface area (Å²) >= 11 is 0. The molecule has 1 unspecified atom stereocenters. The lowest BCUT2D eigenvalue weighted by Crippen LogP contribution is -2.08. The van der Waals surface area contributed by atoms with E-state index in [9.17, 15) is 5.11 Å². The van der Waals surface area contributed by atoms with E-state index in [1.54, 1.807) is 0 Å². The Morgan fingerprint density at radius 2 is 2.29 bits per heavy atom. The lowest BCUT2D eigenvalue weighted by Gasteiger charge is -2.11. The van der Waals surface area contributed by atoms with E-state index in [0.717, 1.165) is 29.9 Å². The zero-order valence-electron chi connectivity index (χ0n) is 9.12. The fraction of sp³-hybridized carbons (Fsp3) is 0.545. The first-order chi connectivity index (χ1) is 6.60. The summed E-state index contributed by atoms with van der Waals surface area (Å²) in [5.41, 5.74) is 2.61. The summed E-state index contributed by atoms with van der Waals surface area (Å²) in [6.45, 7) is 10.4. The monoisotopic (exact) mass is 194 g/mol. The topological polar surface area (TPSA) is 38.1 Å². The van der Waals surface area contributed by atoms with Gasteiger partial charge < -0.3 is 5.11 Å². The lowest BCUT2D eigenvalue weighted by molar-refractivity contribution is 0.204.